The Bertz CT molecular complexity index is 2150. The highest BCUT2D eigenvalue weighted by atomic mass is 19.1. The van der Waals surface area contributed by atoms with Gasteiger partial charge in [-0.1, -0.05) is 78.9 Å². The highest BCUT2D eigenvalue weighted by Crippen LogP contribution is 2.69. The number of amides is 4. The molecule has 4 aromatic carbocycles. The van der Waals surface area contributed by atoms with Crippen LogP contribution in [0.5, 0.6) is 0 Å². The molecule has 256 valence electrons. The zero-order chi connectivity index (χ0) is 34.6. The van der Waals surface area contributed by atoms with Crippen LogP contribution in [0.1, 0.15) is 35.1 Å². The average molecular weight is 683 g/mol. The van der Waals surface area contributed by atoms with E-state index < -0.39 is 53.1 Å². The maximum Gasteiger partial charge on any atom is 0.247 e. The molecule has 6 aliphatic rings. The van der Waals surface area contributed by atoms with Crippen LogP contribution in [0.25, 0.3) is 0 Å². The van der Waals surface area contributed by atoms with E-state index >= 15 is 4.39 Å². The van der Waals surface area contributed by atoms with Crippen molar-refractivity contribution in [2.75, 3.05) is 10.6 Å². The Balaban J connectivity index is 1.14. The largest absolute Gasteiger partial charge is 0.364 e. The summed E-state index contributed by atoms with van der Waals surface area (Å²) >= 11 is 0. The molecule has 10 nitrogen and oxygen atoms in total. The first-order chi connectivity index (χ1) is 24.8. The lowest BCUT2D eigenvalue weighted by molar-refractivity contribution is -0.149. The number of benzene rings is 4. The highest BCUT2D eigenvalue weighted by Gasteiger charge is 2.78. The number of carbonyl (C=O) groups excluding carboxylic acids is 4. The zero-order valence-corrected chi connectivity index (χ0v) is 27.5. The van der Waals surface area contributed by atoms with Crippen molar-refractivity contribution >= 4 is 35.0 Å². The zero-order valence-electron chi connectivity index (χ0n) is 27.5. The van der Waals surface area contributed by atoms with Crippen LogP contribution < -0.4 is 21.3 Å². The number of nitrogens with one attached hydrogen (secondary N) is 4. The molecular formula is C40H35FN6O4. The van der Waals surface area contributed by atoms with E-state index in [0.717, 1.165) is 22.4 Å². The predicted molar refractivity (Wildman–Crippen MR) is 186 cm³/mol. The Morgan fingerprint density at radius 3 is 1.59 bits per heavy atom. The van der Waals surface area contributed by atoms with Crippen molar-refractivity contribution in [2.45, 2.75) is 73.0 Å². The SMILES string of the molecule is O=C1N[C@@H](Cc2ccccc2)C(=O)N2[C@H]3Nc4ccccc4[C@@]3([C@]34C[C@H]5C(=O)N[C@@H](Cc6ccccc6)C(=O)N5[C@H]3Nc3ccc(F)cc34)C[C@@H]12. The van der Waals surface area contributed by atoms with Crippen LogP contribution in [0.15, 0.2) is 103 Å². The van der Waals surface area contributed by atoms with Crippen molar-refractivity contribution in [1.82, 2.24) is 20.4 Å². The standard InChI is InChI=1S/C40H35FN6O4/c41-24-15-16-28-26(19-24)40(21-32-34(49)43-30(18-23-11-5-2-6-12-23)36(51)47(32)38(40)45-28)39-20-31-33(48)42-29(17-22-9-3-1-4-10-22)35(50)46(31)37(39)44-27-14-8-7-13-25(27)39/h1-16,19,29-32,37-38,44-45H,17-18,20-21H2,(H,42,48)(H,43,49)/t29-,30-,31-,32-,37+,38+,39-,40-/m0/s1. The van der Waals surface area contributed by atoms with E-state index in [1.54, 1.807) is 15.9 Å². The molecule has 6 aliphatic heterocycles. The molecule has 0 aromatic heterocycles. The van der Waals surface area contributed by atoms with E-state index in [1.807, 2.05) is 84.9 Å². The van der Waals surface area contributed by atoms with Gasteiger partial charge in [0.15, 0.2) is 0 Å². The van der Waals surface area contributed by atoms with Crippen LogP contribution in [-0.4, -0.2) is 69.9 Å². The quantitative estimate of drug-likeness (QED) is 0.257. The second-order valence-electron chi connectivity index (χ2n) is 14.7. The number of rotatable bonds is 5. The number of carbonyl (C=O) groups is 4. The average Bonchev–Trinajstić information content (AvgIpc) is 3.85. The van der Waals surface area contributed by atoms with Crippen molar-refractivity contribution in [3.8, 4) is 0 Å². The summed E-state index contributed by atoms with van der Waals surface area (Å²) in [5.41, 5.74) is 2.68. The van der Waals surface area contributed by atoms with Gasteiger partial charge in [0.1, 0.15) is 42.3 Å². The Morgan fingerprint density at radius 1 is 0.569 bits per heavy atom. The lowest BCUT2D eigenvalue weighted by atomic mass is 9.54. The summed E-state index contributed by atoms with van der Waals surface area (Å²) in [5, 5.41) is 13.3. The van der Waals surface area contributed by atoms with Gasteiger partial charge in [-0.2, -0.15) is 0 Å². The van der Waals surface area contributed by atoms with Gasteiger partial charge in [0.25, 0.3) is 0 Å². The highest BCUT2D eigenvalue weighted by molar-refractivity contribution is 6.01. The molecule has 4 fully saturated rings. The molecule has 0 aliphatic carbocycles. The van der Waals surface area contributed by atoms with Crippen LogP contribution in [0.2, 0.25) is 0 Å². The van der Waals surface area contributed by atoms with Gasteiger partial charge in [0.05, 0.1) is 10.8 Å². The van der Waals surface area contributed by atoms with Gasteiger partial charge < -0.3 is 31.1 Å². The molecule has 0 unspecified atom stereocenters. The molecule has 8 atom stereocenters. The molecule has 4 amide bonds. The predicted octanol–water partition coefficient (Wildman–Crippen LogP) is 3.19. The van der Waals surface area contributed by atoms with E-state index in [-0.39, 0.29) is 36.5 Å². The monoisotopic (exact) mass is 682 g/mol. The summed E-state index contributed by atoms with van der Waals surface area (Å²) in [5.74, 6) is -1.41. The Morgan fingerprint density at radius 2 is 1.04 bits per heavy atom. The van der Waals surface area contributed by atoms with Gasteiger partial charge in [0.2, 0.25) is 23.6 Å². The van der Waals surface area contributed by atoms with Crippen LogP contribution in [0.4, 0.5) is 15.8 Å². The van der Waals surface area contributed by atoms with Crippen molar-refractivity contribution in [3.63, 3.8) is 0 Å². The van der Waals surface area contributed by atoms with E-state index in [9.17, 15) is 19.2 Å². The molecule has 11 heteroatoms. The minimum Gasteiger partial charge on any atom is -0.364 e. The smallest absolute Gasteiger partial charge is 0.247 e. The van der Waals surface area contributed by atoms with Gasteiger partial charge in [-0.05, 0) is 59.4 Å². The van der Waals surface area contributed by atoms with Crippen molar-refractivity contribution in [2.24, 2.45) is 0 Å². The van der Waals surface area contributed by atoms with Gasteiger partial charge in [-0.15, -0.1) is 0 Å². The molecule has 51 heavy (non-hydrogen) atoms. The number of para-hydroxylation sites is 1. The first kappa shape index (κ1) is 30.1. The van der Waals surface area contributed by atoms with E-state index in [4.69, 9.17) is 0 Å². The first-order valence-electron chi connectivity index (χ1n) is 17.6. The van der Waals surface area contributed by atoms with Crippen LogP contribution >= 0.6 is 0 Å². The van der Waals surface area contributed by atoms with Crippen molar-refractivity contribution < 1.29 is 23.6 Å². The van der Waals surface area contributed by atoms with Gasteiger partial charge in [-0.25, -0.2) is 4.39 Å². The summed E-state index contributed by atoms with van der Waals surface area (Å²) in [6, 6.07) is 28.3. The second kappa shape index (κ2) is 10.6. The number of piperazine rings is 2. The molecule has 4 N–H and O–H groups in total. The van der Waals surface area contributed by atoms with E-state index in [1.165, 1.54) is 12.1 Å². The Kier molecular flexibility index (Phi) is 6.29. The van der Waals surface area contributed by atoms with Crippen molar-refractivity contribution in [1.29, 1.82) is 0 Å². The molecule has 0 spiro atoms. The molecule has 0 saturated carbocycles. The summed E-state index contributed by atoms with van der Waals surface area (Å²) in [7, 11) is 0. The molecule has 6 heterocycles. The Hall–Kier alpha value is -5.71. The normalized spacial score (nSPS) is 32.5. The fourth-order valence-corrected chi connectivity index (χ4v) is 10.4. The Labute approximate surface area is 293 Å². The van der Waals surface area contributed by atoms with Crippen molar-refractivity contribution in [3.05, 3.63) is 131 Å². The van der Waals surface area contributed by atoms with Crippen LogP contribution in [0, 0.1) is 5.82 Å². The maximum atomic E-state index is 15.5. The first-order valence-corrected chi connectivity index (χ1v) is 17.6. The van der Waals surface area contributed by atoms with Crippen LogP contribution in [-0.2, 0) is 42.8 Å². The fourth-order valence-electron chi connectivity index (χ4n) is 10.4. The third kappa shape index (κ3) is 3.97. The molecule has 0 bridgehead atoms. The third-order valence-electron chi connectivity index (χ3n) is 12.4. The van der Waals surface area contributed by atoms with E-state index in [0.29, 0.717) is 24.1 Å². The molecule has 4 saturated heterocycles. The second-order valence-corrected chi connectivity index (χ2v) is 14.7. The number of hydrogen-bond donors (Lipinski definition) is 4. The lowest BCUT2D eigenvalue weighted by Gasteiger charge is -2.48. The summed E-state index contributed by atoms with van der Waals surface area (Å²) in [4.78, 5) is 60.9. The topological polar surface area (TPSA) is 123 Å². The summed E-state index contributed by atoms with van der Waals surface area (Å²) in [6.45, 7) is 0. The van der Waals surface area contributed by atoms with Gasteiger partial charge >= 0.3 is 0 Å². The number of nitrogens with zero attached hydrogens (tertiary/aromatic N) is 2. The van der Waals surface area contributed by atoms with Gasteiger partial charge in [0, 0.05) is 24.2 Å². The molecule has 4 aromatic rings. The number of anilines is 2. The third-order valence-corrected chi connectivity index (χ3v) is 12.4. The molecule has 0 radical (unpaired) electrons. The van der Waals surface area contributed by atoms with Crippen LogP contribution in [0.3, 0.4) is 0 Å². The number of hydrogen-bond acceptors (Lipinski definition) is 6. The molecule has 10 rings (SSSR count). The minimum atomic E-state index is -1.11. The molecular weight excluding hydrogens is 647 g/mol. The fraction of sp³-hybridized carbons (Fsp3) is 0.300. The van der Waals surface area contributed by atoms with Gasteiger partial charge in [-0.3, -0.25) is 19.2 Å². The lowest BCUT2D eigenvalue weighted by Crippen LogP contribution is -2.67. The number of halogens is 1. The number of fused-ring (bicyclic) bond motifs is 11. The summed E-state index contributed by atoms with van der Waals surface area (Å²) in [6.07, 6.45) is -0.428. The maximum absolute atomic E-state index is 15.5. The minimum absolute atomic E-state index is 0.174. The van der Waals surface area contributed by atoms with E-state index in [2.05, 4.69) is 21.3 Å². The summed E-state index contributed by atoms with van der Waals surface area (Å²) < 4.78 is 15.5.